The molecule has 3 N–H and O–H groups in total. The third kappa shape index (κ3) is 1.57. The molecule has 1 saturated heterocycles. The Bertz CT molecular complexity index is 132. The lowest BCUT2D eigenvalue weighted by atomic mass is 9.83. The van der Waals surface area contributed by atoms with Gasteiger partial charge in [0.15, 0.2) is 0 Å². The molecule has 2 aliphatic rings. The Morgan fingerprint density at radius 3 is 2.73 bits per heavy atom. The predicted molar refractivity (Wildman–Crippen MR) is 46.2 cm³/mol. The molecule has 2 rings (SSSR count). The van der Waals surface area contributed by atoms with Crippen LogP contribution in [-0.4, -0.2) is 19.6 Å². The molecule has 0 aromatic heterocycles. The second-order valence-electron chi connectivity index (χ2n) is 3.99. The van der Waals surface area contributed by atoms with E-state index in [9.17, 15) is 0 Å². The largest absolute Gasteiger partial charge is 0.330 e. The van der Waals surface area contributed by atoms with Crippen molar-refractivity contribution in [1.82, 2.24) is 5.32 Å². The van der Waals surface area contributed by atoms with Crippen molar-refractivity contribution < 1.29 is 0 Å². The summed E-state index contributed by atoms with van der Waals surface area (Å²) in [4.78, 5) is 0. The smallest absolute Gasteiger partial charge is 0.000569 e. The monoisotopic (exact) mass is 154 g/mol. The summed E-state index contributed by atoms with van der Waals surface area (Å²) in [5, 5.41) is 3.42. The molecular weight excluding hydrogens is 136 g/mol. The molecule has 1 saturated carbocycles. The van der Waals surface area contributed by atoms with Gasteiger partial charge in [-0.15, -0.1) is 0 Å². The van der Waals surface area contributed by atoms with E-state index >= 15 is 0 Å². The first-order chi connectivity index (χ1) is 5.42. The maximum atomic E-state index is 5.72. The number of nitrogens with two attached hydrogens (primary N) is 1. The molecule has 0 amide bonds. The van der Waals surface area contributed by atoms with Crippen LogP contribution in [0.25, 0.3) is 0 Å². The fraction of sp³-hybridized carbons (Fsp3) is 1.00. The predicted octanol–water partition coefficient (Wildman–Crippen LogP) is 0.581. The quantitative estimate of drug-likeness (QED) is 0.610. The van der Waals surface area contributed by atoms with E-state index in [1.807, 2.05) is 0 Å². The van der Waals surface area contributed by atoms with E-state index in [4.69, 9.17) is 5.73 Å². The van der Waals surface area contributed by atoms with Crippen molar-refractivity contribution in [2.45, 2.75) is 19.3 Å². The lowest BCUT2D eigenvalue weighted by Crippen LogP contribution is -2.41. The summed E-state index contributed by atoms with van der Waals surface area (Å²) in [6.07, 6.45) is 4.31. The molecule has 0 radical (unpaired) electrons. The molecule has 1 aliphatic heterocycles. The molecule has 11 heavy (non-hydrogen) atoms. The van der Waals surface area contributed by atoms with Gasteiger partial charge >= 0.3 is 0 Å². The Labute approximate surface area is 68.5 Å². The molecular formula is C9H18N2. The van der Waals surface area contributed by atoms with Gasteiger partial charge in [0.1, 0.15) is 0 Å². The van der Waals surface area contributed by atoms with Crippen molar-refractivity contribution in [3.63, 3.8) is 0 Å². The number of rotatable bonds is 2. The van der Waals surface area contributed by atoms with Crippen LogP contribution in [0.5, 0.6) is 0 Å². The molecule has 0 spiro atoms. The highest BCUT2D eigenvalue weighted by Crippen LogP contribution is 2.42. The second-order valence-corrected chi connectivity index (χ2v) is 3.99. The van der Waals surface area contributed by atoms with Crippen molar-refractivity contribution in [3.8, 4) is 0 Å². The fourth-order valence-corrected chi connectivity index (χ4v) is 2.35. The molecule has 1 heterocycles. The Kier molecular flexibility index (Phi) is 2.14. The summed E-state index contributed by atoms with van der Waals surface area (Å²) in [5.74, 6) is 2.78. The number of hydrogen-bond acceptors (Lipinski definition) is 2. The summed E-state index contributed by atoms with van der Waals surface area (Å²) in [7, 11) is 0. The summed E-state index contributed by atoms with van der Waals surface area (Å²) >= 11 is 0. The summed E-state index contributed by atoms with van der Waals surface area (Å²) in [6, 6.07) is 0. The van der Waals surface area contributed by atoms with Crippen molar-refractivity contribution >= 4 is 0 Å². The molecule has 2 atom stereocenters. The first kappa shape index (κ1) is 7.56. The highest BCUT2D eigenvalue weighted by molar-refractivity contribution is 4.89. The third-order valence-corrected chi connectivity index (χ3v) is 3.20. The van der Waals surface area contributed by atoms with Gasteiger partial charge in [-0.1, -0.05) is 0 Å². The van der Waals surface area contributed by atoms with Crippen LogP contribution in [0.3, 0.4) is 0 Å². The third-order valence-electron chi connectivity index (χ3n) is 3.20. The number of nitrogens with one attached hydrogen (secondary N) is 1. The Morgan fingerprint density at radius 2 is 2.09 bits per heavy atom. The summed E-state index contributed by atoms with van der Waals surface area (Å²) in [6.45, 7) is 3.27. The Hall–Kier alpha value is -0.0800. The minimum Gasteiger partial charge on any atom is -0.330 e. The van der Waals surface area contributed by atoms with Gasteiger partial charge in [-0.25, -0.2) is 0 Å². The molecule has 0 aromatic rings. The lowest BCUT2D eigenvalue weighted by molar-refractivity contribution is 0.232. The van der Waals surface area contributed by atoms with Crippen molar-refractivity contribution in [1.29, 1.82) is 0 Å². The molecule has 2 heteroatoms. The minimum atomic E-state index is 0.774. The molecule has 2 nitrogen and oxygen atoms in total. The topological polar surface area (TPSA) is 38.0 Å². The van der Waals surface area contributed by atoms with Gasteiger partial charge in [-0.3, -0.25) is 0 Å². The van der Waals surface area contributed by atoms with Crippen LogP contribution >= 0.6 is 0 Å². The minimum absolute atomic E-state index is 0.774. The van der Waals surface area contributed by atoms with Crippen molar-refractivity contribution in [2.24, 2.45) is 23.5 Å². The van der Waals surface area contributed by atoms with E-state index in [1.165, 1.54) is 25.8 Å². The summed E-state index contributed by atoms with van der Waals surface area (Å²) < 4.78 is 0. The lowest BCUT2D eigenvalue weighted by Gasteiger charge is -2.31. The van der Waals surface area contributed by atoms with Crippen LogP contribution in [0.4, 0.5) is 0 Å². The van der Waals surface area contributed by atoms with E-state index < -0.39 is 0 Å². The number of piperidine rings is 1. The normalized spacial score (nSPS) is 39.0. The molecule has 0 bridgehead atoms. The molecule has 2 unspecified atom stereocenters. The van der Waals surface area contributed by atoms with Crippen LogP contribution in [0.1, 0.15) is 19.3 Å². The van der Waals surface area contributed by atoms with E-state index in [0.29, 0.717) is 0 Å². The summed E-state index contributed by atoms with van der Waals surface area (Å²) in [5.41, 5.74) is 5.72. The average molecular weight is 154 g/mol. The molecule has 2 fully saturated rings. The Morgan fingerprint density at radius 1 is 1.27 bits per heavy atom. The molecule has 0 aromatic carbocycles. The maximum absolute atomic E-state index is 5.72. The Balaban J connectivity index is 1.91. The van der Waals surface area contributed by atoms with E-state index in [2.05, 4.69) is 5.32 Å². The maximum Gasteiger partial charge on any atom is -0.000569 e. The van der Waals surface area contributed by atoms with Crippen LogP contribution in [0.2, 0.25) is 0 Å². The van der Waals surface area contributed by atoms with Gasteiger partial charge in [0.25, 0.3) is 0 Å². The van der Waals surface area contributed by atoms with Gasteiger partial charge in [0, 0.05) is 0 Å². The van der Waals surface area contributed by atoms with E-state index in [-0.39, 0.29) is 0 Å². The SMILES string of the molecule is NCC1CNCCC1C1CC1. The zero-order valence-corrected chi connectivity index (χ0v) is 7.05. The van der Waals surface area contributed by atoms with Crippen LogP contribution in [-0.2, 0) is 0 Å². The fourth-order valence-electron chi connectivity index (χ4n) is 2.35. The van der Waals surface area contributed by atoms with Crippen LogP contribution < -0.4 is 11.1 Å². The first-order valence-electron chi connectivity index (χ1n) is 4.82. The van der Waals surface area contributed by atoms with Gasteiger partial charge in [0.2, 0.25) is 0 Å². The first-order valence-corrected chi connectivity index (χ1v) is 4.82. The zero-order valence-electron chi connectivity index (χ0n) is 7.05. The van der Waals surface area contributed by atoms with Crippen molar-refractivity contribution in [2.75, 3.05) is 19.6 Å². The zero-order chi connectivity index (χ0) is 7.68. The van der Waals surface area contributed by atoms with Gasteiger partial charge in [-0.05, 0) is 56.7 Å². The average Bonchev–Trinajstić information content (AvgIpc) is 2.87. The highest BCUT2D eigenvalue weighted by atomic mass is 14.9. The molecule has 64 valence electrons. The number of hydrogen-bond donors (Lipinski definition) is 2. The van der Waals surface area contributed by atoms with E-state index in [0.717, 1.165) is 30.8 Å². The van der Waals surface area contributed by atoms with Crippen LogP contribution in [0, 0.1) is 17.8 Å². The second kappa shape index (κ2) is 3.11. The van der Waals surface area contributed by atoms with Crippen LogP contribution in [0.15, 0.2) is 0 Å². The standard InChI is InChI=1S/C9H18N2/c10-5-8-6-11-4-3-9(8)7-1-2-7/h7-9,11H,1-6,10H2. The van der Waals surface area contributed by atoms with Gasteiger partial charge < -0.3 is 11.1 Å². The van der Waals surface area contributed by atoms with E-state index in [1.54, 1.807) is 0 Å². The van der Waals surface area contributed by atoms with Gasteiger partial charge in [0.05, 0.1) is 0 Å². The molecule has 1 aliphatic carbocycles. The van der Waals surface area contributed by atoms with Gasteiger partial charge in [-0.2, -0.15) is 0 Å². The highest BCUT2D eigenvalue weighted by Gasteiger charge is 2.36. The van der Waals surface area contributed by atoms with Crippen molar-refractivity contribution in [3.05, 3.63) is 0 Å².